The molecular formula is C13H10N2O3. The fourth-order valence-electron chi connectivity index (χ4n) is 1.90. The number of fused-ring (bicyclic) bond motifs is 1. The van der Waals surface area contributed by atoms with Crippen LogP contribution in [0.2, 0.25) is 0 Å². The predicted octanol–water partition coefficient (Wildman–Crippen LogP) is 1.58. The summed E-state index contributed by atoms with van der Waals surface area (Å²) in [6.45, 7) is 1.75. The minimum absolute atomic E-state index is 0.226. The van der Waals surface area contributed by atoms with Gasteiger partial charge in [0.25, 0.3) is 5.56 Å². The minimum Gasteiger partial charge on any atom is -0.445 e. The molecular weight excluding hydrogens is 232 g/mol. The first-order valence-corrected chi connectivity index (χ1v) is 5.48. The second kappa shape index (κ2) is 3.73. The average molecular weight is 242 g/mol. The molecule has 0 radical (unpaired) electrons. The molecule has 0 aliphatic carbocycles. The van der Waals surface area contributed by atoms with Crippen molar-refractivity contribution in [2.45, 2.75) is 6.92 Å². The summed E-state index contributed by atoms with van der Waals surface area (Å²) in [5.41, 5.74) is -0.372. The molecule has 0 atom stereocenters. The molecule has 0 bridgehead atoms. The van der Waals surface area contributed by atoms with Crippen LogP contribution in [-0.2, 0) is 0 Å². The zero-order chi connectivity index (χ0) is 12.7. The number of aryl methyl sites for hydroxylation is 1. The summed E-state index contributed by atoms with van der Waals surface area (Å²) in [5.74, 6) is 0.869. The Morgan fingerprint density at radius 1 is 1.11 bits per heavy atom. The van der Waals surface area contributed by atoms with Crippen LogP contribution in [0.15, 0.2) is 50.4 Å². The van der Waals surface area contributed by atoms with Crippen molar-refractivity contribution < 1.29 is 4.42 Å². The van der Waals surface area contributed by atoms with Crippen LogP contribution in [0, 0.1) is 6.92 Å². The highest BCUT2D eigenvalue weighted by Crippen LogP contribution is 2.10. The predicted molar refractivity (Wildman–Crippen MR) is 67.2 cm³/mol. The summed E-state index contributed by atoms with van der Waals surface area (Å²) in [5, 5.41) is 0.450. The van der Waals surface area contributed by atoms with Crippen molar-refractivity contribution in [2.24, 2.45) is 0 Å². The van der Waals surface area contributed by atoms with E-state index < -0.39 is 5.69 Å². The summed E-state index contributed by atoms with van der Waals surface area (Å²) in [6.07, 6.45) is 0. The van der Waals surface area contributed by atoms with Gasteiger partial charge in [-0.3, -0.25) is 4.79 Å². The van der Waals surface area contributed by atoms with Crippen molar-refractivity contribution in [3.63, 3.8) is 0 Å². The zero-order valence-corrected chi connectivity index (χ0v) is 9.64. The third-order valence-electron chi connectivity index (χ3n) is 2.75. The smallest absolute Gasteiger partial charge is 0.335 e. The van der Waals surface area contributed by atoms with Crippen molar-refractivity contribution in [3.8, 4) is 5.88 Å². The van der Waals surface area contributed by atoms with E-state index in [1.54, 1.807) is 43.3 Å². The Hall–Kier alpha value is -2.56. The molecule has 0 saturated heterocycles. The normalized spacial score (nSPS) is 10.9. The van der Waals surface area contributed by atoms with Crippen molar-refractivity contribution in [3.05, 3.63) is 63.0 Å². The Bertz CT molecular complexity index is 839. The first-order valence-electron chi connectivity index (χ1n) is 5.48. The highest BCUT2D eigenvalue weighted by Gasteiger charge is 2.11. The van der Waals surface area contributed by atoms with E-state index in [4.69, 9.17) is 4.42 Å². The maximum absolute atomic E-state index is 12.2. The fourth-order valence-corrected chi connectivity index (χ4v) is 1.90. The van der Waals surface area contributed by atoms with E-state index in [0.29, 0.717) is 16.7 Å². The van der Waals surface area contributed by atoms with E-state index in [1.807, 2.05) is 0 Å². The van der Waals surface area contributed by atoms with E-state index in [0.717, 1.165) is 4.57 Å². The molecule has 2 aromatic heterocycles. The van der Waals surface area contributed by atoms with Crippen LogP contribution in [0.5, 0.6) is 0 Å². The van der Waals surface area contributed by atoms with Crippen molar-refractivity contribution in [1.29, 1.82) is 0 Å². The number of hydrogen-bond donors (Lipinski definition) is 1. The molecule has 0 spiro atoms. The number of aromatic nitrogens is 2. The molecule has 0 saturated carbocycles. The zero-order valence-electron chi connectivity index (χ0n) is 9.64. The lowest BCUT2D eigenvalue weighted by Gasteiger charge is -2.02. The number of aromatic amines is 1. The molecule has 5 nitrogen and oxygen atoms in total. The van der Waals surface area contributed by atoms with E-state index in [1.165, 1.54) is 0 Å². The lowest BCUT2D eigenvalue weighted by atomic mass is 10.2. The molecule has 0 aliphatic heterocycles. The maximum Gasteiger partial charge on any atom is 0.335 e. The molecule has 0 unspecified atom stereocenters. The van der Waals surface area contributed by atoms with Crippen molar-refractivity contribution in [2.75, 3.05) is 0 Å². The number of rotatable bonds is 1. The van der Waals surface area contributed by atoms with Gasteiger partial charge >= 0.3 is 5.69 Å². The minimum atomic E-state index is -0.506. The van der Waals surface area contributed by atoms with Crippen LogP contribution in [0.3, 0.4) is 0 Å². The molecule has 2 heterocycles. The molecule has 3 aromatic rings. The summed E-state index contributed by atoms with van der Waals surface area (Å²) in [6, 6.07) is 10.2. The maximum atomic E-state index is 12.2. The molecule has 5 heteroatoms. The largest absolute Gasteiger partial charge is 0.445 e. The van der Waals surface area contributed by atoms with Gasteiger partial charge in [0.2, 0.25) is 5.88 Å². The summed E-state index contributed by atoms with van der Waals surface area (Å²) in [7, 11) is 0. The number of para-hydroxylation sites is 1. The van der Waals surface area contributed by atoms with Gasteiger partial charge in [-0.15, -0.1) is 0 Å². The quantitative estimate of drug-likeness (QED) is 0.704. The van der Waals surface area contributed by atoms with Crippen LogP contribution in [0.25, 0.3) is 16.8 Å². The highest BCUT2D eigenvalue weighted by molar-refractivity contribution is 5.77. The Morgan fingerprint density at radius 2 is 1.89 bits per heavy atom. The van der Waals surface area contributed by atoms with E-state index in [-0.39, 0.29) is 11.4 Å². The molecule has 3 rings (SSSR count). The SMILES string of the molecule is Cc1ccc(-n2c(=O)[nH]c3ccccc3c2=O)o1. The third-order valence-corrected chi connectivity index (χ3v) is 2.75. The first-order chi connectivity index (χ1) is 8.66. The summed E-state index contributed by atoms with van der Waals surface area (Å²) < 4.78 is 6.32. The molecule has 18 heavy (non-hydrogen) atoms. The fraction of sp³-hybridized carbons (Fsp3) is 0.0769. The standard InChI is InChI=1S/C13H10N2O3/c1-8-6-7-11(18-8)15-12(16)9-4-2-3-5-10(9)14-13(15)17/h2-7H,1H3,(H,14,17). The lowest BCUT2D eigenvalue weighted by molar-refractivity contribution is 0.501. The van der Waals surface area contributed by atoms with E-state index >= 15 is 0 Å². The molecule has 1 aromatic carbocycles. The lowest BCUT2D eigenvalue weighted by Crippen LogP contribution is -2.33. The Morgan fingerprint density at radius 3 is 2.61 bits per heavy atom. The van der Waals surface area contributed by atoms with Gasteiger partial charge in [0, 0.05) is 6.07 Å². The van der Waals surface area contributed by atoms with Gasteiger partial charge in [-0.1, -0.05) is 12.1 Å². The van der Waals surface area contributed by atoms with Crippen LogP contribution < -0.4 is 11.2 Å². The molecule has 0 amide bonds. The van der Waals surface area contributed by atoms with Gasteiger partial charge in [-0.2, -0.15) is 4.57 Å². The monoisotopic (exact) mass is 242 g/mol. The molecule has 90 valence electrons. The molecule has 0 aliphatic rings. The first kappa shape index (κ1) is 10.6. The average Bonchev–Trinajstić information content (AvgIpc) is 2.76. The Labute approximate surface area is 101 Å². The van der Waals surface area contributed by atoms with Gasteiger partial charge in [0.15, 0.2) is 0 Å². The molecule has 0 fully saturated rings. The topological polar surface area (TPSA) is 68.0 Å². The summed E-state index contributed by atoms with van der Waals surface area (Å²) in [4.78, 5) is 26.8. The van der Waals surface area contributed by atoms with Crippen LogP contribution in [-0.4, -0.2) is 9.55 Å². The number of H-pyrrole nitrogens is 1. The van der Waals surface area contributed by atoms with Crippen LogP contribution >= 0.6 is 0 Å². The highest BCUT2D eigenvalue weighted by atomic mass is 16.4. The van der Waals surface area contributed by atoms with E-state index in [9.17, 15) is 9.59 Å². The Balaban J connectivity index is 2.44. The van der Waals surface area contributed by atoms with Gasteiger partial charge in [0.05, 0.1) is 10.9 Å². The van der Waals surface area contributed by atoms with E-state index in [2.05, 4.69) is 4.98 Å². The number of nitrogens with one attached hydrogen (secondary N) is 1. The number of furan rings is 1. The van der Waals surface area contributed by atoms with Gasteiger partial charge < -0.3 is 9.40 Å². The van der Waals surface area contributed by atoms with Gasteiger partial charge in [-0.25, -0.2) is 4.79 Å². The number of nitrogens with zero attached hydrogens (tertiary/aromatic N) is 1. The number of hydrogen-bond acceptors (Lipinski definition) is 3. The van der Waals surface area contributed by atoms with Crippen LogP contribution in [0.1, 0.15) is 5.76 Å². The molecule has 1 N–H and O–H groups in total. The van der Waals surface area contributed by atoms with Crippen molar-refractivity contribution in [1.82, 2.24) is 9.55 Å². The second-order valence-corrected chi connectivity index (χ2v) is 4.00. The Kier molecular flexibility index (Phi) is 2.19. The third kappa shape index (κ3) is 1.48. The van der Waals surface area contributed by atoms with Gasteiger partial charge in [-0.05, 0) is 25.1 Å². The number of benzene rings is 1. The van der Waals surface area contributed by atoms with Crippen molar-refractivity contribution >= 4 is 10.9 Å². The van der Waals surface area contributed by atoms with Gasteiger partial charge in [0.1, 0.15) is 5.76 Å². The second-order valence-electron chi connectivity index (χ2n) is 4.00. The van der Waals surface area contributed by atoms with Crippen LogP contribution in [0.4, 0.5) is 0 Å². The summed E-state index contributed by atoms with van der Waals surface area (Å²) >= 11 is 0.